The van der Waals surface area contributed by atoms with E-state index in [0.717, 1.165) is 0 Å². The molecule has 0 heterocycles. The van der Waals surface area contributed by atoms with Gasteiger partial charge in [-0.2, -0.15) is 0 Å². The van der Waals surface area contributed by atoms with E-state index >= 15 is 0 Å². The summed E-state index contributed by atoms with van der Waals surface area (Å²) in [5, 5.41) is 0. The quantitative estimate of drug-likeness (QED) is 0.512. The molecule has 0 aromatic carbocycles. The Balaban J connectivity index is -0.0000000450. The minimum atomic E-state index is 0. The molecule has 0 bridgehead atoms. The predicted molar refractivity (Wildman–Crippen MR) is 37.8 cm³/mol. The fourth-order valence-corrected chi connectivity index (χ4v) is 0. The molecule has 0 saturated carbocycles. The molecule has 0 aromatic rings. The molecule has 0 aliphatic heterocycles. The van der Waals surface area contributed by atoms with Crippen LogP contribution in [0.15, 0.2) is 0 Å². The minimum absolute atomic E-state index is 0. The Kier molecular flexibility index (Phi) is 44.2. The van der Waals surface area contributed by atoms with Crippen LogP contribution < -0.4 is 0 Å². The first kappa shape index (κ1) is 15.8. The van der Waals surface area contributed by atoms with Gasteiger partial charge in [0.25, 0.3) is 0 Å². The molecule has 40 valence electrons. The van der Waals surface area contributed by atoms with Gasteiger partial charge < -0.3 is 0 Å². The first-order chi connectivity index (χ1) is 1.91. The molecule has 0 radical (unpaired) electrons. The Morgan fingerprint density at radius 1 is 1.00 bits per heavy atom. The molecule has 0 rings (SSSR count). The molecule has 0 atom stereocenters. The van der Waals surface area contributed by atoms with Crippen molar-refractivity contribution in [2.24, 2.45) is 0 Å². The topological polar surface area (TPSA) is 0 Å². The summed E-state index contributed by atoms with van der Waals surface area (Å²) < 4.78 is 0. The third-order valence-corrected chi connectivity index (χ3v) is 0.500. The fourth-order valence-electron chi connectivity index (χ4n) is 0. The Morgan fingerprint density at radius 2 is 1.17 bits per heavy atom. The van der Waals surface area contributed by atoms with Crippen molar-refractivity contribution < 1.29 is 0 Å². The van der Waals surface area contributed by atoms with Gasteiger partial charge in [-0.3, -0.25) is 0 Å². The van der Waals surface area contributed by atoms with Crippen LogP contribution in [0.5, 0.6) is 0 Å². The summed E-state index contributed by atoms with van der Waals surface area (Å²) in [6.45, 7) is 4.36. The van der Waals surface area contributed by atoms with E-state index in [0.29, 0.717) is 0 Å². The van der Waals surface area contributed by atoms with Gasteiger partial charge in [-0.15, -0.1) is 12.4 Å². The van der Waals surface area contributed by atoms with Gasteiger partial charge in [0.2, 0.25) is 0 Å². The maximum absolute atomic E-state index is 2.18. The molecule has 6 heavy (non-hydrogen) atoms. The number of rotatable bonds is 1. The normalized spacial score (nSPS) is 5.00. The summed E-state index contributed by atoms with van der Waals surface area (Å²) in [6.07, 6.45) is 2.64. The van der Waals surface area contributed by atoms with Crippen LogP contribution in [-0.2, 0) is 0 Å². The molecule has 0 amide bonds. The fraction of sp³-hybridized carbons (Fsp3) is 1.00. The summed E-state index contributed by atoms with van der Waals surface area (Å²) in [6, 6.07) is 0. The summed E-state index contributed by atoms with van der Waals surface area (Å²) in [5.41, 5.74) is 0. The Labute approximate surface area is 59.2 Å². The molecule has 0 aliphatic carbocycles. The summed E-state index contributed by atoms with van der Waals surface area (Å²) in [4.78, 5) is 0. The summed E-state index contributed by atoms with van der Waals surface area (Å²) in [5.74, 6) is 0. The van der Waals surface area contributed by atoms with Crippen LogP contribution in [0.1, 0.15) is 26.7 Å². The summed E-state index contributed by atoms with van der Waals surface area (Å²) >= 11 is 0. The Morgan fingerprint density at radius 3 is 1.17 bits per heavy atom. The van der Waals surface area contributed by atoms with E-state index in [-0.39, 0.29) is 32.2 Å². The van der Waals surface area contributed by atoms with Gasteiger partial charge in [0, 0.05) is 0 Å². The second-order valence-corrected chi connectivity index (χ2v) is 1.000. The molecule has 0 fully saturated rings. The van der Waals surface area contributed by atoms with Crippen LogP contribution in [0.3, 0.4) is 0 Å². The molecular weight excluding hydrogens is 153 g/mol. The first-order valence-electron chi connectivity index (χ1n) is 1.91. The molecule has 0 N–H and O–H groups in total. The maximum atomic E-state index is 2.18. The second-order valence-electron chi connectivity index (χ2n) is 1.000. The van der Waals surface area contributed by atoms with Crippen molar-refractivity contribution in [3.63, 3.8) is 0 Å². The van der Waals surface area contributed by atoms with Crippen molar-refractivity contribution in [3.8, 4) is 0 Å². The molecule has 0 saturated heterocycles. The third-order valence-electron chi connectivity index (χ3n) is 0.500. The average Bonchev–Trinajstić information content (AvgIpc) is 1.37. The molecule has 0 aliphatic rings. The van der Waals surface area contributed by atoms with E-state index in [1.54, 1.807) is 0 Å². The molecule has 0 spiro atoms. The zero-order chi connectivity index (χ0) is 3.41. The standard InChI is InChI=1S/C4H10.ClH.Ga.3H/c1-3-4-2;;;;;/h3-4H2,1-2H3;1H;;;;. The monoisotopic (exact) mass is 166 g/mol. The first-order valence-corrected chi connectivity index (χ1v) is 1.91. The van der Waals surface area contributed by atoms with Crippen molar-refractivity contribution in [1.82, 2.24) is 0 Å². The van der Waals surface area contributed by atoms with Gasteiger partial charge >= 0.3 is 19.8 Å². The van der Waals surface area contributed by atoms with E-state index < -0.39 is 0 Å². The second kappa shape index (κ2) is 16.8. The van der Waals surface area contributed by atoms with Gasteiger partial charge in [0.1, 0.15) is 0 Å². The number of halogens is 1. The van der Waals surface area contributed by atoms with Crippen LogP contribution in [0.25, 0.3) is 0 Å². The van der Waals surface area contributed by atoms with Crippen molar-refractivity contribution in [2.75, 3.05) is 0 Å². The van der Waals surface area contributed by atoms with Crippen LogP contribution in [-0.4, -0.2) is 19.8 Å². The van der Waals surface area contributed by atoms with Gasteiger partial charge in [-0.25, -0.2) is 0 Å². The van der Waals surface area contributed by atoms with Crippen molar-refractivity contribution in [1.29, 1.82) is 0 Å². The average molecular weight is 167 g/mol. The number of hydrogen-bond donors (Lipinski definition) is 0. The van der Waals surface area contributed by atoms with E-state index in [2.05, 4.69) is 13.8 Å². The van der Waals surface area contributed by atoms with E-state index in [1.807, 2.05) is 0 Å². The zero-order valence-corrected chi connectivity index (χ0v) is 4.64. The predicted octanol–water partition coefficient (Wildman–Crippen LogP) is 1.04. The SMILES string of the molecule is CCCC.Cl.[GaH3]. The molecule has 0 unspecified atom stereocenters. The van der Waals surface area contributed by atoms with Crippen molar-refractivity contribution in [2.45, 2.75) is 26.7 Å². The van der Waals surface area contributed by atoms with Crippen molar-refractivity contribution in [3.05, 3.63) is 0 Å². The molecule has 0 nitrogen and oxygen atoms in total. The Hall–Kier alpha value is 0.926. The van der Waals surface area contributed by atoms with Gasteiger partial charge in [-0.1, -0.05) is 26.7 Å². The van der Waals surface area contributed by atoms with Crippen LogP contribution >= 0.6 is 12.4 Å². The van der Waals surface area contributed by atoms with Crippen LogP contribution in [0.4, 0.5) is 0 Å². The number of hydrogen-bond acceptors (Lipinski definition) is 0. The molecule has 2 heteroatoms. The van der Waals surface area contributed by atoms with Crippen LogP contribution in [0.2, 0.25) is 0 Å². The zero-order valence-electron chi connectivity index (χ0n) is 3.82. The Bertz CT molecular complexity index is 9.51. The van der Waals surface area contributed by atoms with Gasteiger partial charge in [-0.05, 0) is 0 Å². The van der Waals surface area contributed by atoms with Gasteiger partial charge in [0.05, 0.1) is 0 Å². The van der Waals surface area contributed by atoms with Gasteiger partial charge in [0.15, 0.2) is 0 Å². The number of unbranched alkanes of at least 4 members (excludes halogenated alkanes) is 1. The van der Waals surface area contributed by atoms with Crippen molar-refractivity contribution >= 4 is 32.2 Å². The molecular formula is C4H14ClGa. The molecule has 0 aromatic heterocycles. The van der Waals surface area contributed by atoms with E-state index in [4.69, 9.17) is 0 Å². The third kappa shape index (κ3) is 20.5. The van der Waals surface area contributed by atoms with E-state index in [9.17, 15) is 0 Å². The van der Waals surface area contributed by atoms with E-state index in [1.165, 1.54) is 12.8 Å². The van der Waals surface area contributed by atoms with Crippen LogP contribution in [0, 0.1) is 0 Å². The summed E-state index contributed by atoms with van der Waals surface area (Å²) in [7, 11) is 0.